The lowest BCUT2D eigenvalue weighted by Gasteiger charge is -2.28. The lowest BCUT2D eigenvalue weighted by Crippen LogP contribution is -2.36. The van der Waals surface area contributed by atoms with E-state index in [1.165, 1.54) is 28.6 Å². The molecule has 0 aromatic heterocycles. The van der Waals surface area contributed by atoms with Crippen LogP contribution in [0.15, 0.2) is 65.6 Å². The average Bonchev–Trinajstić information content (AvgIpc) is 2.54. The summed E-state index contributed by atoms with van der Waals surface area (Å²) in [6, 6.07) is 5.92. The number of hydrogen-bond acceptors (Lipinski definition) is 3. The van der Waals surface area contributed by atoms with E-state index in [1.807, 2.05) is 0 Å². The van der Waals surface area contributed by atoms with Crippen molar-refractivity contribution in [1.82, 2.24) is 4.31 Å². The summed E-state index contributed by atoms with van der Waals surface area (Å²) >= 11 is 0. The van der Waals surface area contributed by atoms with Gasteiger partial charge in [0.15, 0.2) is 0 Å². The molecule has 0 saturated heterocycles. The van der Waals surface area contributed by atoms with Crippen molar-refractivity contribution in [3.8, 4) is 0 Å². The second kappa shape index (κ2) is 6.20. The van der Waals surface area contributed by atoms with E-state index in [1.54, 1.807) is 12.2 Å². The quantitative estimate of drug-likeness (QED) is 0.786. The Kier molecular flexibility index (Phi) is 4.55. The largest absolute Gasteiger partial charge is 0.298 e. The highest BCUT2D eigenvalue weighted by molar-refractivity contribution is 7.89. The molecule has 0 fully saturated rings. The van der Waals surface area contributed by atoms with Crippen molar-refractivity contribution in [3.05, 3.63) is 66.3 Å². The Morgan fingerprint density at radius 2 is 1.67 bits per heavy atom. The lowest BCUT2D eigenvalue weighted by atomic mass is 10.0. The SMILES string of the molecule is C=CC1=C(C=C)CN(S(=O)(=O)c2ccc(C=O)cc2)CC1. The number of hydrogen-bond donors (Lipinski definition) is 0. The van der Waals surface area contributed by atoms with Crippen LogP contribution in [0.3, 0.4) is 0 Å². The molecule has 1 aromatic rings. The van der Waals surface area contributed by atoms with Gasteiger partial charge in [-0.25, -0.2) is 8.42 Å². The van der Waals surface area contributed by atoms with Crippen LogP contribution < -0.4 is 0 Å². The summed E-state index contributed by atoms with van der Waals surface area (Å²) < 4.78 is 26.6. The standard InChI is InChI=1S/C16H17NO3S/c1-3-14-9-10-17(11-15(14)4-2)21(19,20)16-7-5-13(12-18)6-8-16/h3-8,12H,1-2,9-11H2. The zero-order chi connectivity index (χ0) is 15.5. The molecular formula is C16H17NO3S. The van der Waals surface area contributed by atoms with Gasteiger partial charge in [-0.2, -0.15) is 4.31 Å². The van der Waals surface area contributed by atoms with Crippen molar-refractivity contribution >= 4 is 16.3 Å². The van der Waals surface area contributed by atoms with E-state index < -0.39 is 10.0 Å². The summed E-state index contributed by atoms with van der Waals surface area (Å²) in [7, 11) is -3.56. The molecule has 0 N–H and O–H groups in total. The summed E-state index contributed by atoms with van der Waals surface area (Å²) in [6.45, 7) is 8.18. The monoisotopic (exact) mass is 303 g/mol. The minimum Gasteiger partial charge on any atom is -0.298 e. The molecule has 1 heterocycles. The first kappa shape index (κ1) is 15.4. The van der Waals surface area contributed by atoms with Gasteiger partial charge in [0.25, 0.3) is 0 Å². The van der Waals surface area contributed by atoms with Gasteiger partial charge in [0.1, 0.15) is 6.29 Å². The molecule has 0 spiro atoms. The number of benzene rings is 1. The normalized spacial score (nSPS) is 16.6. The fraction of sp³-hybridized carbons (Fsp3) is 0.188. The summed E-state index contributed by atoms with van der Waals surface area (Å²) in [5.74, 6) is 0. The van der Waals surface area contributed by atoms with Gasteiger partial charge in [0, 0.05) is 18.7 Å². The van der Waals surface area contributed by atoms with Crippen molar-refractivity contribution in [3.63, 3.8) is 0 Å². The van der Waals surface area contributed by atoms with Crippen LogP contribution in [0.2, 0.25) is 0 Å². The van der Waals surface area contributed by atoms with Crippen LogP contribution in [0, 0.1) is 0 Å². The van der Waals surface area contributed by atoms with E-state index in [2.05, 4.69) is 13.2 Å². The van der Waals surface area contributed by atoms with E-state index in [0.717, 1.165) is 11.1 Å². The molecular weight excluding hydrogens is 286 g/mol. The fourth-order valence-electron chi connectivity index (χ4n) is 2.28. The number of carbonyl (C=O) groups is 1. The Balaban J connectivity index is 2.32. The second-order valence-corrected chi connectivity index (χ2v) is 6.67. The number of sulfonamides is 1. The van der Waals surface area contributed by atoms with Crippen molar-refractivity contribution in [2.24, 2.45) is 0 Å². The zero-order valence-corrected chi connectivity index (χ0v) is 12.5. The Hall–Kier alpha value is -1.98. The number of carbonyl (C=O) groups excluding carboxylic acids is 1. The molecule has 0 bridgehead atoms. The van der Waals surface area contributed by atoms with Gasteiger partial charge in [0.05, 0.1) is 4.90 Å². The summed E-state index contributed by atoms with van der Waals surface area (Å²) in [4.78, 5) is 10.8. The van der Waals surface area contributed by atoms with Gasteiger partial charge < -0.3 is 0 Å². The molecule has 21 heavy (non-hydrogen) atoms. The second-order valence-electron chi connectivity index (χ2n) is 4.73. The maximum atomic E-state index is 12.6. The van der Waals surface area contributed by atoms with E-state index in [-0.39, 0.29) is 4.90 Å². The lowest BCUT2D eigenvalue weighted by molar-refractivity contribution is 0.112. The summed E-state index contributed by atoms with van der Waals surface area (Å²) in [6.07, 6.45) is 4.73. The van der Waals surface area contributed by atoms with Crippen LogP contribution in [0.25, 0.3) is 0 Å². The first-order valence-electron chi connectivity index (χ1n) is 6.55. The minimum absolute atomic E-state index is 0.193. The van der Waals surface area contributed by atoms with E-state index in [0.29, 0.717) is 31.4 Å². The minimum atomic E-state index is -3.56. The van der Waals surface area contributed by atoms with E-state index in [9.17, 15) is 13.2 Å². The maximum absolute atomic E-state index is 12.6. The van der Waals surface area contributed by atoms with Gasteiger partial charge in [-0.1, -0.05) is 37.4 Å². The number of allylic oxidation sites excluding steroid dienone is 1. The van der Waals surface area contributed by atoms with Crippen LogP contribution >= 0.6 is 0 Å². The maximum Gasteiger partial charge on any atom is 0.243 e. The molecule has 4 nitrogen and oxygen atoms in total. The molecule has 0 aliphatic carbocycles. The third-order valence-corrected chi connectivity index (χ3v) is 5.40. The van der Waals surface area contributed by atoms with Crippen molar-refractivity contribution < 1.29 is 13.2 Å². The predicted octanol–water partition coefficient (Wildman–Crippen LogP) is 2.56. The molecule has 1 aliphatic heterocycles. The van der Waals surface area contributed by atoms with Crippen LogP contribution in [-0.4, -0.2) is 32.1 Å². The van der Waals surface area contributed by atoms with Crippen LogP contribution in [0.5, 0.6) is 0 Å². The van der Waals surface area contributed by atoms with Crippen LogP contribution in [0.1, 0.15) is 16.8 Å². The van der Waals surface area contributed by atoms with Gasteiger partial charge in [0.2, 0.25) is 10.0 Å². The first-order valence-corrected chi connectivity index (χ1v) is 7.99. The fourth-order valence-corrected chi connectivity index (χ4v) is 3.70. The topological polar surface area (TPSA) is 54.5 Å². The Labute approximate surface area is 125 Å². The molecule has 0 radical (unpaired) electrons. The molecule has 1 aliphatic rings. The third kappa shape index (κ3) is 3.04. The van der Waals surface area contributed by atoms with Crippen molar-refractivity contribution in [2.75, 3.05) is 13.1 Å². The molecule has 1 aromatic carbocycles. The van der Waals surface area contributed by atoms with Gasteiger partial charge in [-0.3, -0.25) is 4.79 Å². The highest BCUT2D eigenvalue weighted by atomic mass is 32.2. The van der Waals surface area contributed by atoms with E-state index >= 15 is 0 Å². The van der Waals surface area contributed by atoms with Gasteiger partial charge >= 0.3 is 0 Å². The van der Waals surface area contributed by atoms with Crippen molar-refractivity contribution in [1.29, 1.82) is 0 Å². The Morgan fingerprint density at radius 3 is 2.19 bits per heavy atom. The average molecular weight is 303 g/mol. The van der Waals surface area contributed by atoms with Crippen molar-refractivity contribution in [2.45, 2.75) is 11.3 Å². The zero-order valence-electron chi connectivity index (χ0n) is 11.7. The molecule has 0 saturated carbocycles. The summed E-state index contributed by atoms with van der Waals surface area (Å²) in [5.41, 5.74) is 2.37. The number of aldehydes is 1. The van der Waals surface area contributed by atoms with Crippen LogP contribution in [-0.2, 0) is 10.0 Å². The molecule has 5 heteroatoms. The Bertz CT molecular complexity index is 700. The smallest absolute Gasteiger partial charge is 0.243 e. The molecule has 0 amide bonds. The summed E-state index contributed by atoms with van der Waals surface area (Å²) in [5, 5.41) is 0. The number of nitrogens with zero attached hydrogens (tertiary/aromatic N) is 1. The van der Waals surface area contributed by atoms with Crippen LogP contribution in [0.4, 0.5) is 0 Å². The van der Waals surface area contributed by atoms with E-state index in [4.69, 9.17) is 0 Å². The van der Waals surface area contributed by atoms with Gasteiger partial charge in [-0.15, -0.1) is 0 Å². The third-order valence-electron chi connectivity index (χ3n) is 3.54. The molecule has 110 valence electrons. The Morgan fingerprint density at radius 1 is 1.05 bits per heavy atom. The predicted molar refractivity (Wildman–Crippen MR) is 82.6 cm³/mol. The highest BCUT2D eigenvalue weighted by Crippen LogP contribution is 2.25. The molecule has 0 atom stereocenters. The molecule has 0 unspecified atom stereocenters. The molecule has 2 rings (SSSR count). The van der Waals surface area contributed by atoms with Gasteiger partial charge in [-0.05, 0) is 29.7 Å². The first-order chi connectivity index (χ1) is 10.0. The number of rotatable bonds is 5. The highest BCUT2D eigenvalue weighted by Gasteiger charge is 2.28.